The molecule has 7 heteroatoms. The highest BCUT2D eigenvalue weighted by Crippen LogP contribution is 2.21. The molecule has 0 saturated heterocycles. The van der Waals surface area contributed by atoms with Gasteiger partial charge in [0.1, 0.15) is 11.0 Å². The van der Waals surface area contributed by atoms with Crippen LogP contribution in [0.4, 0.5) is 5.82 Å². The Morgan fingerprint density at radius 2 is 2.04 bits per heavy atom. The standard InChI is InChI=1S/C17H17ClN4O2/c1-3-24-17(23)13-9-15-19-14(18)10-16(22(15)20-13)21(2)11-12-7-5-4-6-8-12/h4-10H,3,11H2,1-2H3. The molecule has 0 N–H and O–H groups in total. The van der Waals surface area contributed by atoms with E-state index in [0.29, 0.717) is 24.0 Å². The van der Waals surface area contributed by atoms with Crippen molar-refractivity contribution in [2.75, 3.05) is 18.6 Å². The number of fused-ring (bicyclic) bond motifs is 1. The van der Waals surface area contributed by atoms with Gasteiger partial charge in [0, 0.05) is 25.7 Å². The molecule has 0 aliphatic heterocycles. The lowest BCUT2D eigenvalue weighted by atomic mass is 10.2. The van der Waals surface area contributed by atoms with E-state index in [1.807, 2.05) is 42.3 Å². The highest BCUT2D eigenvalue weighted by Gasteiger charge is 2.17. The van der Waals surface area contributed by atoms with E-state index in [1.54, 1.807) is 23.6 Å². The highest BCUT2D eigenvalue weighted by molar-refractivity contribution is 6.29. The number of benzene rings is 1. The lowest BCUT2D eigenvalue weighted by Crippen LogP contribution is -2.20. The minimum Gasteiger partial charge on any atom is -0.461 e. The second-order valence-electron chi connectivity index (χ2n) is 5.30. The van der Waals surface area contributed by atoms with E-state index in [-0.39, 0.29) is 5.69 Å². The quantitative estimate of drug-likeness (QED) is 0.525. The van der Waals surface area contributed by atoms with Gasteiger partial charge in [0.15, 0.2) is 11.3 Å². The third-order valence-electron chi connectivity index (χ3n) is 3.52. The van der Waals surface area contributed by atoms with Gasteiger partial charge in [-0.3, -0.25) is 0 Å². The topological polar surface area (TPSA) is 59.7 Å². The fraction of sp³-hybridized carbons (Fsp3) is 0.235. The molecule has 0 spiro atoms. The Morgan fingerprint density at radius 1 is 1.29 bits per heavy atom. The number of ether oxygens (including phenoxy) is 1. The van der Waals surface area contributed by atoms with Crippen molar-refractivity contribution < 1.29 is 9.53 Å². The third kappa shape index (κ3) is 3.33. The number of esters is 1. The minimum absolute atomic E-state index is 0.209. The number of hydrogen-bond acceptors (Lipinski definition) is 5. The van der Waals surface area contributed by atoms with Gasteiger partial charge in [-0.2, -0.15) is 9.61 Å². The molecule has 0 radical (unpaired) electrons. The van der Waals surface area contributed by atoms with Crippen molar-refractivity contribution in [1.29, 1.82) is 0 Å². The monoisotopic (exact) mass is 344 g/mol. The lowest BCUT2D eigenvalue weighted by molar-refractivity contribution is 0.0519. The molecule has 2 heterocycles. The molecule has 2 aromatic heterocycles. The van der Waals surface area contributed by atoms with Crippen molar-refractivity contribution in [1.82, 2.24) is 14.6 Å². The fourth-order valence-corrected chi connectivity index (χ4v) is 2.63. The van der Waals surface area contributed by atoms with E-state index in [0.717, 1.165) is 11.4 Å². The number of halogens is 1. The summed E-state index contributed by atoms with van der Waals surface area (Å²) >= 11 is 6.13. The van der Waals surface area contributed by atoms with Crippen molar-refractivity contribution in [3.05, 3.63) is 58.9 Å². The molecule has 124 valence electrons. The van der Waals surface area contributed by atoms with Crippen LogP contribution in [0.2, 0.25) is 5.15 Å². The van der Waals surface area contributed by atoms with Crippen LogP contribution in [0.1, 0.15) is 23.0 Å². The Hall–Kier alpha value is -2.60. The molecule has 0 aliphatic carbocycles. The van der Waals surface area contributed by atoms with Gasteiger partial charge in [-0.15, -0.1) is 0 Å². The number of anilines is 1. The molecule has 0 atom stereocenters. The third-order valence-corrected chi connectivity index (χ3v) is 3.71. The predicted octanol–water partition coefficient (Wildman–Crippen LogP) is 3.20. The summed E-state index contributed by atoms with van der Waals surface area (Å²) in [5.74, 6) is 0.264. The van der Waals surface area contributed by atoms with Crippen molar-refractivity contribution in [3.63, 3.8) is 0 Å². The van der Waals surface area contributed by atoms with Gasteiger partial charge in [-0.1, -0.05) is 41.9 Å². The largest absolute Gasteiger partial charge is 0.461 e. The summed E-state index contributed by atoms with van der Waals surface area (Å²) in [7, 11) is 1.93. The molecule has 0 bridgehead atoms. The number of aromatic nitrogens is 3. The van der Waals surface area contributed by atoms with Gasteiger partial charge in [0.05, 0.1) is 6.61 Å². The average molecular weight is 345 g/mol. The van der Waals surface area contributed by atoms with Crippen molar-refractivity contribution in [2.45, 2.75) is 13.5 Å². The first-order chi connectivity index (χ1) is 11.6. The zero-order valence-corrected chi connectivity index (χ0v) is 14.2. The molecule has 6 nitrogen and oxygen atoms in total. The first-order valence-electron chi connectivity index (χ1n) is 7.57. The molecule has 3 rings (SSSR count). The van der Waals surface area contributed by atoms with Crippen LogP contribution in [0.5, 0.6) is 0 Å². The van der Waals surface area contributed by atoms with Crippen LogP contribution < -0.4 is 4.90 Å². The number of hydrogen-bond donors (Lipinski definition) is 0. The maximum absolute atomic E-state index is 11.9. The van der Waals surface area contributed by atoms with Gasteiger partial charge >= 0.3 is 5.97 Å². The van der Waals surface area contributed by atoms with Crippen LogP contribution in [0.15, 0.2) is 42.5 Å². The summed E-state index contributed by atoms with van der Waals surface area (Å²) in [4.78, 5) is 18.1. The van der Waals surface area contributed by atoms with E-state index in [2.05, 4.69) is 10.1 Å². The van der Waals surface area contributed by atoms with Crippen LogP contribution in [0, 0.1) is 0 Å². The summed E-state index contributed by atoms with van der Waals surface area (Å²) in [6, 6.07) is 13.3. The molecule has 0 unspecified atom stereocenters. The van der Waals surface area contributed by atoms with E-state index in [9.17, 15) is 4.79 Å². The number of nitrogens with zero attached hydrogens (tertiary/aromatic N) is 4. The Labute approximate surface area is 144 Å². The molecular weight excluding hydrogens is 328 g/mol. The maximum Gasteiger partial charge on any atom is 0.358 e. The van der Waals surface area contributed by atoms with Crippen LogP contribution in [-0.4, -0.2) is 34.2 Å². The molecule has 0 fully saturated rings. The zero-order valence-electron chi connectivity index (χ0n) is 13.4. The summed E-state index contributed by atoms with van der Waals surface area (Å²) in [5, 5.41) is 4.65. The summed E-state index contributed by atoms with van der Waals surface area (Å²) < 4.78 is 6.59. The normalized spacial score (nSPS) is 10.8. The smallest absolute Gasteiger partial charge is 0.358 e. The SMILES string of the molecule is CCOC(=O)c1cc2nc(Cl)cc(N(C)Cc3ccccc3)n2n1. The number of rotatable bonds is 5. The van der Waals surface area contributed by atoms with E-state index < -0.39 is 5.97 Å². The fourth-order valence-electron chi connectivity index (χ4n) is 2.44. The second kappa shape index (κ2) is 6.88. The van der Waals surface area contributed by atoms with Crippen LogP contribution in [-0.2, 0) is 11.3 Å². The summed E-state index contributed by atoms with van der Waals surface area (Å²) in [6.07, 6.45) is 0. The van der Waals surface area contributed by atoms with E-state index in [1.165, 1.54) is 0 Å². The Kier molecular flexibility index (Phi) is 4.66. The van der Waals surface area contributed by atoms with Gasteiger partial charge in [-0.05, 0) is 12.5 Å². The first-order valence-corrected chi connectivity index (χ1v) is 7.94. The van der Waals surface area contributed by atoms with Gasteiger partial charge in [0.25, 0.3) is 0 Å². The zero-order chi connectivity index (χ0) is 17.1. The minimum atomic E-state index is -0.476. The molecule has 0 amide bonds. The summed E-state index contributed by atoms with van der Waals surface area (Å²) in [6.45, 7) is 2.72. The molecular formula is C17H17ClN4O2. The van der Waals surface area contributed by atoms with Crippen LogP contribution in [0.3, 0.4) is 0 Å². The first kappa shape index (κ1) is 16.3. The Bertz CT molecular complexity index is 864. The maximum atomic E-state index is 11.9. The molecule has 24 heavy (non-hydrogen) atoms. The number of carbonyl (C=O) groups is 1. The van der Waals surface area contributed by atoms with E-state index in [4.69, 9.17) is 16.3 Å². The van der Waals surface area contributed by atoms with Gasteiger partial charge in [0.2, 0.25) is 0 Å². The lowest BCUT2D eigenvalue weighted by Gasteiger charge is -2.20. The van der Waals surface area contributed by atoms with Crippen LogP contribution in [0.25, 0.3) is 5.65 Å². The Morgan fingerprint density at radius 3 is 2.75 bits per heavy atom. The second-order valence-corrected chi connectivity index (χ2v) is 5.69. The molecule has 1 aromatic carbocycles. The predicted molar refractivity (Wildman–Crippen MR) is 92.5 cm³/mol. The van der Waals surface area contributed by atoms with Crippen LogP contribution >= 0.6 is 11.6 Å². The average Bonchev–Trinajstić information content (AvgIpc) is 2.99. The summed E-state index contributed by atoms with van der Waals surface area (Å²) in [5.41, 5.74) is 1.86. The van der Waals surface area contributed by atoms with E-state index >= 15 is 0 Å². The molecule has 0 saturated carbocycles. The van der Waals surface area contributed by atoms with Crippen molar-refractivity contribution in [2.24, 2.45) is 0 Å². The molecule has 0 aliphatic rings. The number of carbonyl (C=O) groups excluding carboxylic acids is 1. The molecule has 3 aromatic rings. The van der Waals surface area contributed by atoms with Crippen molar-refractivity contribution in [3.8, 4) is 0 Å². The highest BCUT2D eigenvalue weighted by atomic mass is 35.5. The van der Waals surface area contributed by atoms with Gasteiger partial charge < -0.3 is 9.64 Å². The van der Waals surface area contributed by atoms with Gasteiger partial charge in [-0.25, -0.2) is 9.78 Å². The van der Waals surface area contributed by atoms with Crippen molar-refractivity contribution >= 4 is 29.0 Å². The Balaban J connectivity index is 1.98.